The fourth-order valence-corrected chi connectivity index (χ4v) is 2.93. The van der Waals surface area contributed by atoms with E-state index >= 15 is 0 Å². The Morgan fingerprint density at radius 1 is 1.42 bits per heavy atom. The number of piperidine rings is 1. The molecule has 7 nitrogen and oxygen atoms in total. The number of carbonyl (C=O) groups excluding carboxylic acids is 1. The van der Waals surface area contributed by atoms with Gasteiger partial charge in [-0.3, -0.25) is 5.10 Å². The van der Waals surface area contributed by atoms with Crippen LogP contribution in [0, 0.1) is 0 Å². The second-order valence-electron chi connectivity index (χ2n) is 5.92. The van der Waals surface area contributed by atoms with E-state index in [1.165, 1.54) is 0 Å². The van der Waals surface area contributed by atoms with Gasteiger partial charge in [0.25, 0.3) is 0 Å². The number of aromatic amines is 1. The highest BCUT2D eigenvalue weighted by molar-refractivity contribution is 5.74. The maximum absolute atomic E-state index is 12.2. The number of ether oxygens (including phenoxy) is 1. The molecule has 3 rings (SSSR count). The highest BCUT2D eigenvalue weighted by Crippen LogP contribution is 2.26. The zero-order valence-electron chi connectivity index (χ0n) is 13.9. The molecule has 1 unspecified atom stereocenters. The maximum atomic E-state index is 12.2. The molecule has 0 saturated carbocycles. The summed E-state index contributed by atoms with van der Waals surface area (Å²) in [6, 6.07) is 9.85. The van der Waals surface area contributed by atoms with Crippen LogP contribution in [0.1, 0.15) is 24.6 Å². The number of carbonyl (C=O) groups is 1. The summed E-state index contributed by atoms with van der Waals surface area (Å²) in [5.41, 5.74) is 0.991. The Hall–Kier alpha value is -2.41. The van der Waals surface area contributed by atoms with Crippen LogP contribution in [0.5, 0.6) is 0 Å². The number of hydrogen-bond acceptors (Lipinski definition) is 4. The molecule has 0 aliphatic carbocycles. The molecule has 2 heterocycles. The normalized spacial score (nSPS) is 17.7. The molecule has 1 fully saturated rings. The Bertz CT molecular complexity index is 658. The van der Waals surface area contributed by atoms with Gasteiger partial charge in [0, 0.05) is 38.2 Å². The monoisotopic (exact) mass is 329 g/mol. The van der Waals surface area contributed by atoms with E-state index in [-0.39, 0.29) is 11.9 Å². The maximum Gasteiger partial charge on any atom is 0.317 e. The fraction of sp³-hybridized carbons (Fsp3) is 0.471. The smallest absolute Gasteiger partial charge is 0.317 e. The van der Waals surface area contributed by atoms with Crippen LogP contribution in [-0.4, -0.2) is 59.5 Å². The Labute approximate surface area is 141 Å². The molecule has 2 aromatic rings. The first-order chi connectivity index (χ1) is 11.8. The first-order valence-electron chi connectivity index (χ1n) is 8.27. The molecule has 1 aliphatic heterocycles. The van der Waals surface area contributed by atoms with Crippen molar-refractivity contribution in [1.82, 2.24) is 25.4 Å². The lowest BCUT2D eigenvalue weighted by molar-refractivity contribution is 0.167. The van der Waals surface area contributed by atoms with Gasteiger partial charge in [-0.2, -0.15) is 5.10 Å². The predicted molar refractivity (Wildman–Crippen MR) is 90.6 cm³/mol. The standard InChI is InChI=1S/C17H23N5O2/c1-24-11-9-18-17(23)22-10-5-8-14(12-22)16-19-15(20-21-16)13-6-3-2-4-7-13/h2-4,6-7,14H,5,8-12H2,1H3,(H,18,23)(H,19,20,21). The van der Waals surface area contributed by atoms with Crippen molar-refractivity contribution in [1.29, 1.82) is 0 Å². The van der Waals surface area contributed by atoms with Crippen LogP contribution in [0.3, 0.4) is 0 Å². The largest absolute Gasteiger partial charge is 0.383 e. The molecular formula is C17H23N5O2. The van der Waals surface area contributed by atoms with Crippen LogP contribution in [0.25, 0.3) is 11.4 Å². The van der Waals surface area contributed by atoms with Crippen LogP contribution in [0.2, 0.25) is 0 Å². The van der Waals surface area contributed by atoms with Crippen LogP contribution < -0.4 is 5.32 Å². The third-order valence-electron chi connectivity index (χ3n) is 4.21. The molecular weight excluding hydrogens is 306 g/mol. The van der Waals surface area contributed by atoms with Gasteiger partial charge >= 0.3 is 6.03 Å². The molecule has 0 radical (unpaired) electrons. The van der Waals surface area contributed by atoms with E-state index < -0.39 is 0 Å². The van der Waals surface area contributed by atoms with Crippen molar-refractivity contribution in [3.8, 4) is 11.4 Å². The molecule has 7 heteroatoms. The summed E-state index contributed by atoms with van der Waals surface area (Å²) in [5.74, 6) is 1.74. The Morgan fingerprint density at radius 3 is 3.04 bits per heavy atom. The molecule has 24 heavy (non-hydrogen) atoms. The minimum atomic E-state index is -0.0421. The average Bonchev–Trinajstić information content (AvgIpc) is 3.13. The summed E-state index contributed by atoms with van der Waals surface area (Å²) < 4.78 is 4.96. The molecule has 1 saturated heterocycles. The number of nitrogens with one attached hydrogen (secondary N) is 2. The number of urea groups is 1. The van der Waals surface area contributed by atoms with Gasteiger partial charge in [0.1, 0.15) is 5.82 Å². The van der Waals surface area contributed by atoms with Crippen LogP contribution in [-0.2, 0) is 4.74 Å². The van der Waals surface area contributed by atoms with E-state index in [4.69, 9.17) is 4.74 Å². The number of aromatic nitrogens is 3. The zero-order chi connectivity index (χ0) is 16.8. The lowest BCUT2D eigenvalue weighted by Crippen LogP contribution is -2.45. The average molecular weight is 329 g/mol. The SMILES string of the molecule is COCCNC(=O)N1CCCC(c2nc(-c3ccccc3)n[nH]2)C1. The zero-order valence-corrected chi connectivity index (χ0v) is 13.9. The summed E-state index contributed by atoms with van der Waals surface area (Å²) >= 11 is 0. The van der Waals surface area contributed by atoms with Crippen LogP contribution in [0.15, 0.2) is 30.3 Å². The summed E-state index contributed by atoms with van der Waals surface area (Å²) in [5, 5.41) is 10.2. The molecule has 2 N–H and O–H groups in total. The van der Waals surface area contributed by atoms with Crippen molar-refractivity contribution in [2.45, 2.75) is 18.8 Å². The second-order valence-corrected chi connectivity index (χ2v) is 5.92. The number of amides is 2. The fourth-order valence-electron chi connectivity index (χ4n) is 2.93. The van der Waals surface area contributed by atoms with Gasteiger partial charge in [-0.25, -0.2) is 9.78 Å². The van der Waals surface area contributed by atoms with Crippen molar-refractivity contribution >= 4 is 6.03 Å². The number of H-pyrrole nitrogens is 1. The van der Waals surface area contributed by atoms with Crippen molar-refractivity contribution in [3.05, 3.63) is 36.2 Å². The third kappa shape index (κ3) is 3.91. The van der Waals surface area contributed by atoms with Crippen molar-refractivity contribution < 1.29 is 9.53 Å². The summed E-state index contributed by atoms with van der Waals surface area (Å²) in [6.45, 7) is 2.47. The van der Waals surface area contributed by atoms with Gasteiger partial charge in [0.2, 0.25) is 0 Å². The summed E-state index contributed by atoms with van der Waals surface area (Å²) in [7, 11) is 1.62. The molecule has 1 aromatic heterocycles. The second kappa shape index (κ2) is 7.92. The topological polar surface area (TPSA) is 83.1 Å². The predicted octanol–water partition coefficient (Wildman–Crippen LogP) is 2.01. The number of hydrogen-bond donors (Lipinski definition) is 2. The van der Waals surface area contributed by atoms with Crippen LogP contribution >= 0.6 is 0 Å². The van der Waals surface area contributed by atoms with E-state index in [1.807, 2.05) is 35.2 Å². The molecule has 0 bridgehead atoms. The molecule has 1 aromatic carbocycles. The molecule has 0 spiro atoms. The van der Waals surface area contributed by atoms with E-state index in [0.717, 1.165) is 30.8 Å². The number of methoxy groups -OCH3 is 1. The third-order valence-corrected chi connectivity index (χ3v) is 4.21. The van der Waals surface area contributed by atoms with Gasteiger partial charge in [0.05, 0.1) is 6.61 Å². The van der Waals surface area contributed by atoms with E-state index in [0.29, 0.717) is 25.5 Å². The van der Waals surface area contributed by atoms with E-state index in [2.05, 4.69) is 20.5 Å². The first kappa shape index (κ1) is 16.4. The highest BCUT2D eigenvalue weighted by atomic mass is 16.5. The van der Waals surface area contributed by atoms with Crippen molar-refractivity contribution in [2.24, 2.45) is 0 Å². The lowest BCUT2D eigenvalue weighted by atomic mass is 9.97. The number of nitrogens with zero attached hydrogens (tertiary/aromatic N) is 3. The van der Waals surface area contributed by atoms with Crippen molar-refractivity contribution in [3.63, 3.8) is 0 Å². The first-order valence-corrected chi connectivity index (χ1v) is 8.27. The quantitative estimate of drug-likeness (QED) is 0.822. The van der Waals surface area contributed by atoms with Gasteiger partial charge in [-0.05, 0) is 12.8 Å². The number of rotatable bonds is 5. The Balaban J connectivity index is 1.63. The lowest BCUT2D eigenvalue weighted by Gasteiger charge is -2.31. The Kier molecular flexibility index (Phi) is 5.43. The van der Waals surface area contributed by atoms with Gasteiger partial charge < -0.3 is 15.0 Å². The van der Waals surface area contributed by atoms with Crippen molar-refractivity contribution in [2.75, 3.05) is 33.4 Å². The minimum absolute atomic E-state index is 0.0421. The minimum Gasteiger partial charge on any atom is -0.383 e. The van der Waals surface area contributed by atoms with Gasteiger partial charge in [-0.1, -0.05) is 30.3 Å². The number of likely N-dealkylation sites (tertiary alicyclic amines) is 1. The number of benzene rings is 1. The summed E-state index contributed by atoms with van der Waals surface area (Å²) in [4.78, 5) is 18.7. The van der Waals surface area contributed by atoms with Gasteiger partial charge in [-0.15, -0.1) is 0 Å². The van der Waals surface area contributed by atoms with E-state index in [1.54, 1.807) is 7.11 Å². The molecule has 2 amide bonds. The van der Waals surface area contributed by atoms with Gasteiger partial charge in [0.15, 0.2) is 5.82 Å². The van der Waals surface area contributed by atoms with E-state index in [9.17, 15) is 4.79 Å². The van der Waals surface area contributed by atoms with Crippen LogP contribution in [0.4, 0.5) is 4.79 Å². The summed E-state index contributed by atoms with van der Waals surface area (Å²) in [6.07, 6.45) is 1.97. The molecule has 128 valence electrons. The molecule has 1 aliphatic rings. The highest BCUT2D eigenvalue weighted by Gasteiger charge is 2.27. The Morgan fingerprint density at radius 2 is 2.25 bits per heavy atom. The molecule has 1 atom stereocenters.